The van der Waals surface area contributed by atoms with Gasteiger partial charge in [-0.15, -0.1) is 4.68 Å². The van der Waals surface area contributed by atoms with E-state index in [-0.39, 0.29) is 22.8 Å². The normalized spacial score (nSPS) is 29.1. The van der Waals surface area contributed by atoms with Crippen molar-refractivity contribution in [3.63, 3.8) is 0 Å². The van der Waals surface area contributed by atoms with Gasteiger partial charge in [0, 0.05) is 18.0 Å². The van der Waals surface area contributed by atoms with E-state index in [2.05, 4.69) is 10.1 Å². The van der Waals surface area contributed by atoms with Crippen molar-refractivity contribution in [2.45, 2.75) is 11.3 Å². The molecule has 2 unspecified atom stereocenters. The highest BCUT2D eigenvalue weighted by atomic mass is 32.2. The van der Waals surface area contributed by atoms with Gasteiger partial charge in [0.2, 0.25) is 0 Å². The van der Waals surface area contributed by atoms with Gasteiger partial charge in [0.15, 0.2) is 15.9 Å². The van der Waals surface area contributed by atoms with E-state index >= 15 is 0 Å². The number of thioether (sulfide) groups is 1. The Morgan fingerprint density at radius 3 is 3.11 bits per heavy atom. The minimum Gasteiger partial charge on any atom is -0.279 e. The Morgan fingerprint density at radius 2 is 2.37 bits per heavy atom. The van der Waals surface area contributed by atoms with Gasteiger partial charge in [-0.1, -0.05) is 11.2 Å². The second kappa shape index (κ2) is 4.61. The van der Waals surface area contributed by atoms with Gasteiger partial charge in [-0.05, 0) is 17.8 Å². The van der Waals surface area contributed by atoms with Crippen molar-refractivity contribution in [3.05, 3.63) is 30.1 Å². The number of nitrogens with zero attached hydrogens (tertiary/aromatic N) is 3. The number of hydrogen-bond donors (Lipinski definition) is 1. The molecule has 0 amide bonds. The van der Waals surface area contributed by atoms with E-state index in [0.29, 0.717) is 5.17 Å². The molecule has 3 rings (SSSR count). The first kappa shape index (κ1) is 12.6. The van der Waals surface area contributed by atoms with Gasteiger partial charge in [-0.3, -0.25) is 10.7 Å². The summed E-state index contributed by atoms with van der Waals surface area (Å²) in [7, 11) is -2.96. The van der Waals surface area contributed by atoms with Crippen LogP contribution in [0.5, 0.6) is 0 Å². The van der Waals surface area contributed by atoms with Crippen LogP contribution in [0.4, 0.5) is 0 Å². The third kappa shape index (κ3) is 2.50. The third-order valence-corrected chi connectivity index (χ3v) is 6.24. The van der Waals surface area contributed by atoms with Gasteiger partial charge >= 0.3 is 5.17 Å². The summed E-state index contributed by atoms with van der Waals surface area (Å²) in [6.07, 6.45) is 5.02. The molecule has 100 valence electrons. The maximum absolute atomic E-state index is 11.6. The molecular formula is C11H13N4O2S2+. The first-order chi connectivity index (χ1) is 9.05. The van der Waals surface area contributed by atoms with Gasteiger partial charge in [0.1, 0.15) is 0 Å². The van der Waals surface area contributed by atoms with Crippen molar-refractivity contribution in [1.82, 2.24) is 4.98 Å². The summed E-state index contributed by atoms with van der Waals surface area (Å²) in [5.41, 5.74) is 6.75. The lowest BCUT2D eigenvalue weighted by atomic mass is 10.3. The van der Waals surface area contributed by atoms with Crippen LogP contribution in [0.3, 0.4) is 0 Å². The first-order valence-electron chi connectivity index (χ1n) is 5.78. The van der Waals surface area contributed by atoms with Crippen LogP contribution in [0.1, 0.15) is 5.56 Å². The summed E-state index contributed by atoms with van der Waals surface area (Å²) in [5, 5.41) is 4.86. The Labute approximate surface area is 115 Å². The van der Waals surface area contributed by atoms with Crippen LogP contribution in [0.15, 0.2) is 29.6 Å². The Bertz CT molecular complexity index is 655. The molecule has 0 spiro atoms. The Hall–Kier alpha value is -1.41. The van der Waals surface area contributed by atoms with Crippen LogP contribution in [-0.2, 0) is 9.84 Å². The van der Waals surface area contributed by atoms with Gasteiger partial charge in [-0.2, -0.15) is 0 Å². The molecule has 19 heavy (non-hydrogen) atoms. The molecule has 3 heterocycles. The van der Waals surface area contributed by atoms with Crippen molar-refractivity contribution in [1.29, 1.82) is 0 Å². The van der Waals surface area contributed by atoms with Crippen LogP contribution in [0.2, 0.25) is 0 Å². The molecule has 0 aromatic carbocycles. The zero-order valence-corrected chi connectivity index (χ0v) is 11.6. The summed E-state index contributed by atoms with van der Waals surface area (Å²) in [4.78, 5) is 3.99. The maximum Gasteiger partial charge on any atom is 0.330 e. The number of amidine groups is 1. The quantitative estimate of drug-likeness (QED) is 0.596. The lowest BCUT2D eigenvalue weighted by Gasteiger charge is -2.03. The molecule has 0 bridgehead atoms. The van der Waals surface area contributed by atoms with Crippen molar-refractivity contribution >= 4 is 33.0 Å². The van der Waals surface area contributed by atoms with Crippen LogP contribution in [0, 0.1) is 0 Å². The molecule has 1 aromatic heterocycles. The molecule has 2 N–H and O–H groups in total. The summed E-state index contributed by atoms with van der Waals surface area (Å²) in [6, 6.07) is 3.54. The largest absolute Gasteiger partial charge is 0.330 e. The molecule has 2 atom stereocenters. The third-order valence-electron chi connectivity index (χ3n) is 3.10. The Kier molecular flexibility index (Phi) is 3.06. The fraction of sp³-hybridized carbons (Fsp3) is 0.364. The monoisotopic (exact) mass is 297 g/mol. The fourth-order valence-corrected chi connectivity index (χ4v) is 5.97. The molecule has 2 aliphatic heterocycles. The highest BCUT2D eigenvalue weighted by Gasteiger charge is 2.49. The molecule has 2 aliphatic rings. The van der Waals surface area contributed by atoms with Gasteiger partial charge < -0.3 is 0 Å². The second-order valence-electron chi connectivity index (χ2n) is 4.51. The zero-order chi connectivity index (χ0) is 13.5. The molecule has 0 saturated carbocycles. The van der Waals surface area contributed by atoms with E-state index in [9.17, 15) is 8.42 Å². The summed E-state index contributed by atoms with van der Waals surface area (Å²) >= 11 is 1.39. The number of hydrazone groups is 1. The van der Waals surface area contributed by atoms with E-state index < -0.39 is 9.84 Å². The van der Waals surface area contributed by atoms with Gasteiger partial charge in [0.05, 0.1) is 23.0 Å². The van der Waals surface area contributed by atoms with Crippen LogP contribution < -0.4 is 5.73 Å². The van der Waals surface area contributed by atoms with E-state index in [1.807, 2.05) is 12.1 Å². The molecule has 0 aliphatic carbocycles. The SMILES string of the molecule is NC1=[N+](/N=C/c2cccnc2)C2CS(=O)(=O)CC2S1. The Morgan fingerprint density at radius 1 is 1.53 bits per heavy atom. The lowest BCUT2D eigenvalue weighted by Crippen LogP contribution is -2.29. The molecular weight excluding hydrogens is 284 g/mol. The summed E-state index contributed by atoms with van der Waals surface area (Å²) < 4.78 is 24.9. The van der Waals surface area contributed by atoms with E-state index in [1.165, 1.54) is 11.8 Å². The number of nitrogens with two attached hydrogens (primary N) is 1. The van der Waals surface area contributed by atoms with Crippen molar-refractivity contribution in [2.75, 3.05) is 11.5 Å². The predicted octanol–water partition coefficient (Wildman–Crippen LogP) is -0.345. The summed E-state index contributed by atoms with van der Waals surface area (Å²) in [5.74, 6) is 0.303. The van der Waals surface area contributed by atoms with Crippen LogP contribution >= 0.6 is 11.8 Å². The van der Waals surface area contributed by atoms with E-state index in [1.54, 1.807) is 23.3 Å². The molecule has 8 heteroatoms. The minimum absolute atomic E-state index is 0.00366. The average Bonchev–Trinajstić information content (AvgIpc) is 2.79. The first-order valence-corrected chi connectivity index (χ1v) is 8.48. The van der Waals surface area contributed by atoms with E-state index in [4.69, 9.17) is 5.73 Å². The molecule has 1 fully saturated rings. The topological polar surface area (TPSA) is 88.4 Å². The number of aromatic nitrogens is 1. The predicted molar refractivity (Wildman–Crippen MR) is 75.1 cm³/mol. The fourth-order valence-electron chi connectivity index (χ4n) is 2.23. The maximum atomic E-state index is 11.6. The van der Waals surface area contributed by atoms with Gasteiger partial charge in [0.25, 0.3) is 0 Å². The lowest BCUT2D eigenvalue weighted by molar-refractivity contribution is -0.558. The zero-order valence-electron chi connectivity index (χ0n) is 10.0. The number of pyridine rings is 1. The van der Waals surface area contributed by atoms with Crippen LogP contribution in [-0.4, -0.2) is 52.3 Å². The highest BCUT2D eigenvalue weighted by Crippen LogP contribution is 2.32. The average molecular weight is 297 g/mol. The van der Waals surface area contributed by atoms with Crippen molar-refractivity contribution < 1.29 is 13.1 Å². The Balaban J connectivity index is 1.85. The molecule has 0 radical (unpaired) electrons. The van der Waals surface area contributed by atoms with Crippen molar-refractivity contribution in [2.24, 2.45) is 10.8 Å². The van der Waals surface area contributed by atoms with Gasteiger partial charge in [-0.25, -0.2) is 8.42 Å². The minimum atomic E-state index is -2.96. The number of rotatable bonds is 2. The van der Waals surface area contributed by atoms with Crippen LogP contribution in [0.25, 0.3) is 0 Å². The van der Waals surface area contributed by atoms with E-state index in [0.717, 1.165) is 5.56 Å². The summed E-state index contributed by atoms with van der Waals surface area (Å²) in [6.45, 7) is 0. The number of hydrogen-bond acceptors (Lipinski definition) is 6. The standard InChI is InChI=1S/C11H12N4O2S2/c12-11-15(14-5-8-2-1-3-13-4-8)9-6-19(16,17)7-10(9)18-11/h1-5,9-10,12H,6-7H2/p+1/b14-5+. The molecule has 1 aromatic rings. The second-order valence-corrected chi connectivity index (χ2v) is 7.93. The molecule has 1 saturated heterocycles. The number of fused-ring (bicyclic) bond motifs is 1. The smallest absolute Gasteiger partial charge is 0.279 e. The molecule has 6 nitrogen and oxygen atoms in total. The van der Waals surface area contributed by atoms with Crippen molar-refractivity contribution in [3.8, 4) is 0 Å². The number of sulfone groups is 1. The highest BCUT2D eigenvalue weighted by molar-refractivity contribution is 8.15.